The molecule has 18 heavy (non-hydrogen) atoms. The van der Waals surface area contributed by atoms with Crippen molar-refractivity contribution in [2.24, 2.45) is 0 Å². The standard InChI is InChI=1S/C11H11N3O3S/c15-11-10(6-12-8-13-11)14-18(16,17)7-9-4-2-1-3-5-9/h1-6,8,14H,7H2,(H,12,13,15). The number of aromatic nitrogens is 2. The van der Waals surface area contributed by atoms with Gasteiger partial charge in [-0.15, -0.1) is 0 Å². The molecule has 0 atom stereocenters. The fraction of sp³-hybridized carbons (Fsp3) is 0.0909. The number of rotatable bonds is 4. The van der Waals surface area contributed by atoms with E-state index in [1.54, 1.807) is 30.3 Å². The van der Waals surface area contributed by atoms with Crippen LogP contribution in [0, 0.1) is 0 Å². The second kappa shape index (κ2) is 5.01. The minimum absolute atomic E-state index is 0.0894. The van der Waals surface area contributed by atoms with Gasteiger partial charge in [0.2, 0.25) is 10.0 Å². The van der Waals surface area contributed by atoms with Crippen molar-refractivity contribution in [1.29, 1.82) is 0 Å². The van der Waals surface area contributed by atoms with Crippen LogP contribution in [0.1, 0.15) is 5.56 Å². The average molecular weight is 265 g/mol. The lowest BCUT2D eigenvalue weighted by Crippen LogP contribution is -2.21. The van der Waals surface area contributed by atoms with E-state index in [9.17, 15) is 13.2 Å². The molecule has 1 aromatic carbocycles. The fourth-order valence-corrected chi connectivity index (χ4v) is 2.60. The van der Waals surface area contributed by atoms with Gasteiger partial charge in [0, 0.05) is 0 Å². The van der Waals surface area contributed by atoms with E-state index in [1.165, 1.54) is 12.5 Å². The van der Waals surface area contributed by atoms with Gasteiger partial charge >= 0.3 is 0 Å². The number of nitrogens with zero attached hydrogens (tertiary/aromatic N) is 1. The molecule has 2 rings (SSSR count). The summed E-state index contributed by atoms with van der Waals surface area (Å²) in [5.41, 5.74) is 0.0281. The summed E-state index contributed by atoms with van der Waals surface area (Å²) in [6.45, 7) is 0. The molecule has 0 amide bonds. The van der Waals surface area contributed by atoms with Gasteiger partial charge in [0.1, 0.15) is 5.69 Å². The maximum Gasteiger partial charge on any atom is 0.275 e. The molecule has 0 aliphatic rings. The largest absolute Gasteiger partial charge is 0.311 e. The van der Waals surface area contributed by atoms with E-state index in [4.69, 9.17) is 0 Å². The van der Waals surface area contributed by atoms with Gasteiger partial charge in [0.25, 0.3) is 5.56 Å². The van der Waals surface area contributed by atoms with E-state index in [1.807, 2.05) is 0 Å². The van der Waals surface area contributed by atoms with Gasteiger partial charge in [-0.1, -0.05) is 30.3 Å². The Morgan fingerprint density at radius 1 is 1.22 bits per heavy atom. The lowest BCUT2D eigenvalue weighted by Gasteiger charge is -2.06. The van der Waals surface area contributed by atoms with Crippen molar-refractivity contribution in [2.45, 2.75) is 5.75 Å². The number of H-pyrrole nitrogens is 1. The average Bonchev–Trinajstić information content (AvgIpc) is 2.32. The smallest absolute Gasteiger partial charge is 0.275 e. The quantitative estimate of drug-likeness (QED) is 0.851. The molecule has 0 saturated carbocycles. The van der Waals surface area contributed by atoms with Crippen molar-refractivity contribution in [3.05, 3.63) is 58.8 Å². The summed E-state index contributed by atoms with van der Waals surface area (Å²) in [6, 6.07) is 8.71. The third-order valence-corrected chi connectivity index (χ3v) is 3.43. The van der Waals surface area contributed by atoms with Crippen LogP contribution in [0.3, 0.4) is 0 Å². The number of hydrogen-bond donors (Lipinski definition) is 2. The van der Waals surface area contributed by atoms with Crippen molar-refractivity contribution >= 4 is 15.7 Å². The number of anilines is 1. The third-order valence-electron chi connectivity index (χ3n) is 2.18. The summed E-state index contributed by atoms with van der Waals surface area (Å²) < 4.78 is 25.9. The van der Waals surface area contributed by atoms with Gasteiger partial charge in [0.15, 0.2) is 0 Å². The van der Waals surface area contributed by atoms with Crippen LogP contribution >= 0.6 is 0 Å². The second-order valence-corrected chi connectivity index (χ2v) is 5.36. The number of aromatic amines is 1. The fourth-order valence-electron chi connectivity index (χ4n) is 1.41. The number of sulfonamides is 1. The highest BCUT2D eigenvalue weighted by atomic mass is 32.2. The Morgan fingerprint density at radius 3 is 2.61 bits per heavy atom. The van der Waals surface area contributed by atoms with Crippen molar-refractivity contribution < 1.29 is 8.42 Å². The summed E-state index contributed by atoms with van der Waals surface area (Å²) in [6.07, 6.45) is 2.36. The highest BCUT2D eigenvalue weighted by Crippen LogP contribution is 2.07. The molecule has 2 aromatic rings. The first-order chi connectivity index (χ1) is 8.57. The minimum Gasteiger partial charge on any atom is -0.311 e. The summed E-state index contributed by atoms with van der Waals surface area (Å²) in [7, 11) is -3.62. The lowest BCUT2D eigenvalue weighted by molar-refractivity contribution is 0.600. The van der Waals surface area contributed by atoms with E-state index >= 15 is 0 Å². The van der Waals surface area contributed by atoms with Crippen LogP contribution in [-0.4, -0.2) is 18.4 Å². The van der Waals surface area contributed by atoms with Crippen LogP contribution in [0.4, 0.5) is 5.69 Å². The van der Waals surface area contributed by atoms with Gasteiger partial charge in [-0.05, 0) is 5.56 Å². The van der Waals surface area contributed by atoms with Crippen molar-refractivity contribution in [3.63, 3.8) is 0 Å². The molecule has 0 bridgehead atoms. The van der Waals surface area contributed by atoms with Gasteiger partial charge in [-0.2, -0.15) is 0 Å². The Kier molecular flexibility index (Phi) is 3.42. The van der Waals surface area contributed by atoms with Crippen LogP contribution < -0.4 is 10.3 Å². The molecule has 1 heterocycles. The van der Waals surface area contributed by atoms with Gasteiger partial charge in [-0.3, -0.25) is 9.52 Å². The lowest BCUT2D eigenvalue weighted by atomic mass is 10.2. The molecule has 0 aliphatic carbocycles. The third kappa shape index (κ3) is 3.17. The van der Waals surface area contributed by atoms with Crippen molar-refractivity contribution in [2.75, 3.05) is 4.72 Å². The van der Waals surface area contributed by atoms with E-state index < -0.39 is 15.6 Å². The Bertz CT molecular complexity index is 680. The summed E-state index contributed by atoms with van der Waals surface area (Å²) in [5.74, 6) is -0.192. The molecular formula is C11H11N3O3S. The molecule has 2 N–H and O–H groups in total. The molecule has 0 radical (unpaired) electrons. The summed E-state index contributed by atoms with van der Waals surface area (Å²) in [5, 5.41) is 0. The highest BCUT2D eigenvalue weighted by molar-refractivity contribution is 7.91. The van der Waals surface area contributed by atoms with Crippen LogP contribution in [-0.2, 0) is 15.8 Å². The Hall–Kier alpha value is -2.15. The van der Waals surface area contributed by atoms with E-state index in [2.05, 4.69) is 14.7 Å². The number of hydrogen-bond acceptors (Lipinski definition) is 4. The second-order valence-electron chi connectivity index (χ2n) is 3.64. The summed E-state index contributed by atoms with van der Waals surface area (Å²) in [4.78, 5) is 17.3. The summed E-state index contributed by atoms with van der Waals surface area (Å²) >= 11 is 0. The molecule has 0 spiro atoms. The molecule has 7 heteroatoms. The first-order valence-electron chi connectivity index (χ1n) is 5.14. The first kappa shape index (κ1) is 12.3. The highest BCUT2D eigenvalue weighted by Gasteiger charge is 2.13. The minimum atomic E-state index is -3.62. The maximum atomic E-state index is 11.8. The maximum absolute atomic E-state index is 11.8. The van der Waals surface area contributed by atoms with E-state index in [0.29, 0.717) is 5.56 Å². The normalized spacial score (nSPS) is 11.1. The molecule has 0 saturated heterocycles. The van der Waals surface area contributed by atoms with Crippen molar-refractivity contribution in [3.8, 4) is 0 Å². The zero-order chi connectivity index (χ0) is 13.0. The van der Waals surface area contributed by atoms with E-state index in [0.717, 1.165) is 0 Å². The van der Waals surface area contributed by atoms with Gasteiger partial charge < -0.3 is 4.98 Å². The molecule has 0 aliphatic heterocycles. The van der Waals surface area contributed by atoms with Gasteiger partial charge in [-0.25, -0.2) is 13.4 Å². The topological polar surface area (TPSA) is 91.9 Å². The predicted molar refractivity (Wildman–Crippen MR) is 67.5 cm³/mol. The monoisotopic (exact) mass is 265 g/mol. The molecule has 1 aromatic heterocycles. The molecule has 0 unspecified atom stereocenters. The Morgan fingerprint density at radius 2 is 1.94 bits per heavy atom. The van der Waals surface area contributed by atoms with Crippen LogP contribution in [0.2, 0.25) is 0 Å². The van der Waals surface area contributed by atoms with Crippen LogP contribution in [0.15, 0.2) is 47.7 Å². The molecule has 0 fully saturated rings. The van der Waals surface area contributed by atoms with Crippen LogP contribution in [0.5, 0.6) is 0 Å². The zero-order valence-corrected chi connectivity index (χ0v) is 10.1. The number of benzene rings is 1. The van der Waals surface area contributed by atoms with Crippen LogP contribution in [0.25, 0.3) is 0 Å². The number of nitrogens with one attached hydrogen (secondary N) is 2. The molecule has 6 nitrogen and oxygen atoms in total. The van der Waals surface area contributed by atoms with Crippen molar-refractivity contribution in [1.82, 2.24) is 9.97 Å². The molecular weight excluding hydrogens is 254 g/mol. The van der Waals surface area contributed by atoms with Gasteiger partial charge in [0.05, 0.1) is 18.3 Å². The SMILES string of the molecule is O=c1[nH]cncc1NS(=O)(=O)Cc1ccccc1. The predicted octanol–water partition coefficient (Wildman–Crippen LogP) is 0.712. The van der Waals surface area contributed by atoms with E-state index in [-0.39, 0.29) is 11.4 Å². The Labute approximate surface area is 104 Å². The Balaban J connectivity index is 2.19. The molecule has 94 valence electrons. The first-order valence-corrected chi connectivity index (χ1v) is 6.79. The zero-order valence-electron chi connectivity index (χ0n) is 9.33.